The Bertz CT molecular complexity index is 603. The smallest absolute Gasteiger partial charge is 0.159 e. The molecule has 0 unspecified atom stereocenters. The number of hydrogen-bond donors (Lipinski definition) is 0. The van der Waals surface area contributed by atoms with Crippen molar-refractivity contribution in [2.24, 2.45) is 0 Å². The van der Waals surface area contributed by atoms with E-state index >= 15 is 0 Å². The lowest BCUT2D eigenvalue weighted by atomic mass is 10.2. The summed E-state index contributed by atoms with van der Waals surface area (Å²) in [5.74, 6) is 1.46. The van der Waals surface area contributed by atoms with Crippen LogP contribution >= 0.6 is 0 Å². The van der Waals surface area contributed by atoms with Crippen LogP contribution in [0.3, 0.4) is 0 Å². The van der Waals surface area contributed by atoms with Crippen LogP contribution in [0, 0.1) is 0 Å². The summed E-state index contributed by atoms with van der Waals surface area (Å²) in [7, 11) is 0. The van der Waals surface area contributed by atoms with E-state index in [1.165, 1.54) is 0 Å². The van der Waals surface area contributed by atoms with Crippen molar-refractivity contribution >= 4 is 0 Å². The third-order valence-corrected chi connectivity index (χ3v) is 2.46. The highest BCUT2D eigenvalue weighted by molar-refractivity contribution is 5.59. The first-order valence-electron chi connectivity index (χ1n) is 5.36. The largest absolute Gasteiger partial charge is 0.463 e. The Hall–Kier alpha value is -2.42. The highest BCUT2D eigenvalue weighted by atomic mass is 16.3. The summed E-state index contributed by atoms with van der Waals surface area (Å²) >= 11 is 0. The molecule has 3 rings (SSSR count). The van der Waals surface area contributed by atoms with Crippen LogP contribution < -0.4 is 0 Å². The Kier molecular flexibility index (Phi) is 2.43. The van der Waals surface area contributed by atoms with Crippen LogP contribution in [0.25, 0.3) is 22.8 Å². The minimum Gasteiger partial charge on any atom is -0.463 e. The van der Waals surface area contributed by atoms with Crippen molar-refractivity contribution in [3.05, 3.63) is 61.0 Å². The second kappa shape index (κ2) is 4.22. The highest BCUT2D eigenvalue weighted by Crippen LogP contribution is 2.20. The van der Waals surface area contributed by atoms with Gasteiger partial charge in [-0.2, -0.15) is 0 Å². The van der Waals surface area contributed by atoms with Crippen LogP contribution in [0.15, 0.2) is 65.4 Å². The monoisotopic (exact) mass is 222 g/mol. The van der Waals surface area contributed by atoms with Crippen LogP contribution in [0.4, 0.5) is 0 Å². The summed E-state index contributed by atoms with van der Waals surface area (Å²) in [5.41, 5.74) is 1.80. The summed E-state index contributed by atoms with van der Waals surface area (Å²) in [6.45, 7) is 0. The van der Waals surface area contributed by atoms with Gasteiger partial charge in [0.25, 0.3) is 0 Å². The van der Waals surface area contributed by atoms with Crippen LogP contribution in [0.2, 0.25) is 0 Å². The Morgan fingerprint density at radius 1 is 0.882 bits per heavy atom. The number of aromatic nitrogens is 2. The number of furan rings is 1. The van der Waals surface area contributed by atoms with Crippen molar-refractivity contribution in [1.82, 2.24) is 9.97 Å². The standard InChI is InChI=1S/C14H10N2O/c1-2-5-11(6-3-1)14-15-9-8-12(16-14)13-7-4-10-17-13/h1-10H. The van der Waals surface area contributed by atoms with Gasteiger partial charge in [-0.1, -0.05) is 30.3 Å². The molecule has 17 heavy (non-hydrogen) atoms. The number of benzene rings is 1. The van der Waals surface area contributed by atoms with Gasteiger partial charge in [-0.15, -0.1) is 0 Å². The molecule has 3 nitrogen and oxygen atoms in total. The third-order valence-electron chi connectivity index (χ3n) is 2.46. The first kappa shape index (κ1) is 9.78. The minimum atomic E-state index is 0.708. The SMILES string of the molecule is c1ccc(-c2nccc(-c3ccco3)n2)cc1. The van der Waals surface area contributed by atoms with E-state index in [1.807, 2.05) is 48.5 Å². The second-order valence-corrected chi connectivity index (χ2v) is 3.61. The zero-order valence-electron chi connectivity index (χ0n) is 9.08. The molecule has 0 amide bonds. The molecule has 1 aromatic carbocycles. The Labute approximate surface area is 98.8 Å². The van der Waals surface area contributed by atoms with Crippen molar-refractivity contribution < 1.29 is 4.42 Å². The zero-order chi connectivity index (χ0) is 11.5. The molecule has 3 heteroatoms. The van der Waals surface area contributed by atoms with Gasteiger partial charge in [0.2, 0.25) is 0 Å². The van der Waals surface area contributed by atoms with Crippen molar-refractivity contribution in [3.8, 4) is 22.8 Å². The van der Waals surface area contributed by atoms with Crippen molar-refractivity contribution in [3.63, 3.8) is 0 Å². The van der Waals surface area contributed by atoms with Crippen LogP contribution in [0.1, 0.15) is 0 Å². The Morgan fingerprint density at radius 3 is 2.53 bits per heavy atom. The van der Waals surface area contributed by atoms with E-state index in [9.17, 15) is 0 Å². The molecule has 0 radical (unpaired) electrons. The lowest BCUT2D eigenvalue weighted by molar-refractivity contribution is 0.580. The van der Waals surface area contributed by atoms with Crippen LogP contribution in [-0.4, -0.2) is 9.97 Å². The third kappa shape index (κ3) is 1.95. The average Bonchev–Trinajstić information content (AvgIpc) is 2.94. The van der Waals surface area contributed by atoms with Gasteiger partial charge in [0.15, 0.2) is 11.6 Å². The average molecular weight is 222 g/mol. The topological polar surface area (TPSA) is 38.9 Å². The predicted molar refractivity (Wildman–Crippen MR) is 65.2 cm³/mol. The predicted octanol–water partition coefficient (Wildman–Crippen LogP) is 3.40. The normalized spacial score (nSPS) is 10.4. The summed E-state index contributed by atoms with van der Waals surface area (Å²) < 4.78 is 5.32. The summed E-state index contributed by atoms with van der Waals surface area (Å²) in [5, 5.41) is 0. The minimum absolute atomic E-state index is 0.708. The van der Waals surface area contributed by atoms with E-state index < -0.39 is 0 Å². The van der Waals surface area contributed by atoms with E-state index in [0.29, 0.717) is 5.82 Å². The maximum atomic E-state index is 5.32. The number of nitrogens with zero attached hydrogens (tertiary/aromatic N) is 2. The molecule has 2 heterocycles. The van der Waals surface area contributed by atoms with Gasteiger partial charge in [0.05, 0.1) is 6.26 Å². The highest BCUT2D eigenvalue weighted by Gasteiger charge is 2.05. The molecule has 3 aromatic rings. The molecule has 0 atom stereocenters. The van der Waals surface area contributed by atoms with Gasteiger partial charge >= 0.3 is 0 Å². The molecule has 0 saturated heterocycles. The molecule has 2 aromatic heterocycles. The molecule has 0 spiro atoms. The van der Waals surface area contributed by atoms with Crippen LogP contribution in [-0.2, 0) is 0 Å². The fourth-order valence-corrected chi connectivity index (χ4v) is 1.65. The van der Waals surface area contributed by atoms with E-state index in [0.717, 1.165) is 17.0 Å². The van der Waals surface area contributed by atoms with Crippen molar-refractivity contribution in [1.29, 1.82) is 0 Å². The Balaban J connectivity index is 2.06. The van der Waals surface area contributed by atoms with Gasteiger partial charge in [0, 0.05) is 11.8 Å². The van der Waals surface area contributed by atoms with Gasteiger partial charge in [0.1, 0.15) is 5.69 Å². The lowest BCUT2D eigenvalue weighted by Crippen LogP contribution is -1.90. The van der Waals surface area contributed by atoms with Gasteiger partial charge in [-0.05, 0) is 18.2 Å². The molecule has 0 N–H and O–H groups in total. The molecule has 0 aliphatic carbocycles. The Morgan fingerprint density at radius 2 is 1.76 bits per heavy atom. The first-order chi connectivity index (χ1) is 8.43. The maximum Gasteiger partial charge on any atom is 0.159 e. The molecular formula is C14H10N2O. The fourth-order valence-electron chi connectivity index (χ4n) is 1.65. The van der Waals surface area contributed by atoms with E-state index in [4.69, 9.17) is 4.42 Å². The molecule has 0 bridgehead atoms. The van der Waals surface area contributed by atoms with E-state index in [2.05, 4.69) is 9.97 Å². The van der Waals surface area contributed by atoms with E-state index in [-0.39, 0.29) is 0 Å². The quantitative estimate of drug-likeness (QED) is 0.667. The molecule has 0 aliphatic rings. The molecule has 0 aliphatic heterocycles. The first-order valence-corrected chi connectivity index (χ1v) is 5.36. The molecule has 0 saturated carbocycles. The van der Waals surface area contributed by atoms with Crippen molar-refractivity contribution in [2.45, 2.75) is 0 Å². The van der Waals surface area contributed by atoms with Gasteiger partial charge in [-0.3, -0.25) is 0 Å². The summed E-state index contributed by atoms with van der Waals surface area (Å²) in [6.07, 6.45) is 3.38. The molecule has 0 fully saturated rings. The lowest BCUT2D eigenvalue weighted by Gasteiger charge is -2.01. The van der Waals surface area contributed by atoms with Crippen molar-refractivity contribution in [2.75, 3.05) is 0 Å². The maximum absolute atomic E-state index is 5.32. The number of hydrogen-bond acceptors (Lipinski definition) is 3. The zero-order valence-corrected chi connectivity index (χ0v) is 9.08. The second-order valence-electron chi connectivity index (χ2n) is 3.61. The fraction of sp³-hybridized carbons (Fsp3) is 0. The number of rotatable bonds is 2. The van der Waals surface area contributed by atoms with Crippen LogP contribution in [0.5, 0.6) is 0 Å². The summed E-state index contributed by atoms with van der Waals surface area (Å²) in [4.78, 5) is 8.75. The van der Waals surface area contributed by atoms with Gasteiger partial charge < -0.3 is 4.42 Å². The van der Waals surface area contributed by atoms with E-state index in [1.54, 1.807) is 12.5 Å². The molecular weight excluding hydrogens is 212 g/mol. The molecule has 82 valence electrons. The summed E-state index contributed by atoms with van der Waals surface area (Å²) in [6, 6.07) is 15.5. The van der Waals surface area contributed by atoms with Gasteiger partial charge in [-0.25, -0.2) is 9.97 Å².